The van der Waals surface area contributed by atoms with E-state index in [-0.39, 0.29) is 29.2 Å². The maximum absolute atomic E-state index is 13.6. The molecule has 2 atom stereocenters. The van der Waals surface area contributed by atoms with Crippen LogP contribution in [-0.4, -0.2) is 30.1 Å². The lowest BCUT2D eigenvalue weighted by Crippen LogP contribution is -2.39. The van der Waals surface area contributed by atoms with Crippen molar-refractivity contribution in [3.05, 3.63) is 64.7 Å². The zero-order valence-corrected chi connectivity index (χ0v) is 20.7. The van der Waals surface area contributed by atoms with Gasteiger partial charge in [-0.15, -0.1) is 0 Å². The van der Waals surface area contributed by atoms with Crippen LogP contribution in [0.5, 0.6) is 11.5 Å². The molecule has 2 aromatic carbocycles. The van der Waals surface area contributed by atoms with Gasteiger partial charge >= 0.3 is 13.7 Å². The van der Waals surface area contributed by atoms with Crippen LogP contribution in [0.3, 0.4) is 0 Å². The number of carbonyl (C=O) groups excluding carboxylic acids is 1. The van der Waals surface area contributed by atoms with E-state index in [0.717, 1.165) is 38.5 Å². The molecule has 1 unspecified atom stereocenters. The molecule has 0 aliphatic heterocycles. The summed E-state index contributed by atoms with van der Waals surface area (Å²) in [5.41, 5.74) is 5.54. The van der Waals surface area contributed by atoms with Gasteiger partial charge in [-0.25, -0.2) is 4.57 Å². The van der Waals surface area contributed by atoms with Gasteiger partial charge in [0.05, 0.1) is 11.5 Å². The predicted octanol–water partition coefficient (Wildman–Crippen LogP) is 4.98. The van der Waals surface area contributed by atoms with Crippen molar-refractivity contribution in [3.8, 4) is 11.5 Å². The van der Waals surface area contributed by atoms with E-state index in [4.69, 9.17) is 19.5 Å². The molecular formula is C24H32N3O7P. The zero-order valence-electron chi connectivity index (χ0n) is 19.8. The molecule has 1 aliphatic rings. The highest BCUT2D eigenvalue weighted by Gasteiger charge is 2.36. The van der Waals surface area contributed by atoms with Gasteiger partial charge in [0.1, 0.15) is 17.5 Å². The summed E-state index contributed by atoms with van der Waals surface area (Å²) < 4.78 is 30.5. The molecule has 3 rings (SSSR count). The number of nitrogens with one attached hydrogen (secondary N) is 1. The number of nitro groups is 1. The van der Waals surface area contributed by atoms with Crippen molar-refractivity contribution in [3.63, 3.8) is 0 Å². The molecule has 0 bridgehead atoms. The van der Waals surface area contributed by atoms with Gasteiger partial charge in [0.2, 0.25) is 0 Å². The van der Waals surface area contributed by atoms with Crippen molar-refractivity contribution in [1.82, 2.24) is 5.09 Å². The number of nitro benzene ring substituents is 1. The molecule has 1 aliphatic carbocycles. The van der Waals surface area contributed by atoms with Gasteiger partial charge in [0.25, 0.3) is 5.69 Å². The van der Waals surface area contributed by atoms with Gasteiger partial charge in [0.15, 0.2) is 0 Å². The van der Waals surface area contributed by atoms with Crippen LogP contribution < -0.4 is 19.9 Å². The molecule has 0 heterocycles. The van der Waals surface area contributed by atoms with Crippen LogP contribution in [0.15, 0.2) is 54.6 Å². The Morgan fingerprint density at radius 1 is 1.09 bits per heavy atom. The van der Waals surface area contributed by atoms with Crippen LogP contribution in [0.1, 0.15) is 45.4 Å². The van der Waals surface area contributed by atoms with Gasteiger partial charge < -0.3 is 19.5 Å². The predicted molar refractivity (Wildman–Crippen MR) is 131 cm³/mol. The fraction of sp³-hybridized carbons (Fsp3) is 0.458. The summed E-state index contributed by atoms with van der Waals surface area (Å²) in [4.78, 5) is 23.2. The molecule has 10 nitrogen and oxygen atoms in total. The maximum atomic E-state index is 13.6. The SMILES string of the molecule is C[C@H](NP(=O)(Oc1ccccc1)Oc1ccc([N+](=O)[O-])cc1)C(=O)OCC1(CCN)CCCCC1. The van der Waals surface area contributed by atoms with Crippen molar-refractivity contribution < 1.29 is 28.1 Å². The average Bonchev–Trinajstić information content (AvgIpc) is 2.84. The number of ether oxygens (including phenoxy) is 1. The van der Waals surface area contributed by atoms with Crippen LogP contribution in [0, 0.1) is 15.5 Å². The minimum Gasteiger partial charge on any atom is -0.464 e. The molecule has 0 aromatic heterocycles. The van der Waals surface area contributed by atoms with Gasteiger partial charge in [0, 0.05) is 17.5 Å². The Labute approximate surface area is 204 Å². The molecule has 0 radical (unpaired) electrons. The highest BCUT2D eigenvalue weighted by molar-refractivity contribution is 7.52. The van der Waals surface area contributed by atoms with E-state index in [1.165, 1.54) is 31.2 Å². The number of esters is 1. The normalized spacial score (nSPS) is 17.5. The lowest BCUT2D eigenvalue weighted by Gasteiger charge is -2.36. The number of non-ortho nitro benzene ring substituents is 1. The van der Waals surface area contributed by atoms with Crippen LogP contribution in [0.25, 0.3) is 0 Å². The molecular weight excluding hydrogens is 473 g/mol. The first kappa shape index (κ1) is 26.7. The van der Waals surface area contributed by atoms with E-state index in [1.54, 1.807) is 30.3 Å². The van der Waals surface area contributed by atoms with Gasteiger partial charge in [-0.1, -0.05) is 37.5 Å². The Morgan fingerprint density at radius 2 is 1.69 bits per heavy atom. The zero-order chi connectivity index (χ0) is 25.3. The van der Waals surface area contributed by atoms with Crippen molar-refractivity contribution in [2.45, 2.75) is 51.5 Å². The Morgan fingerprint density at radius 3 is 2.26 bits per heavy atom. The van der Waals surface area contributed by atoms with Crippen LogP contribution in [-0.2, 0) is 14.1 Å². The molecule has 0 saturated heterocycles. The monoisotopic (exact) mass is 505 g/mol. The fourth-order valence-corrected chi connectivity index (χ4v) is 5.69. The van der Waals surface area contributed by atoms with Crippen molar-refractivity contribution in [2.24, 2.45) is 11.1 Å². The smallest absolute Gasteiger partial charge is 0.464 e. The molecule has 11 heteroatoms. The second-order valence-electron chi connectivity index (χ2n) is 8.80. The van der Waals surface area contributed by atoms with Crippen LogP contribution in [0.2, 0.25) is 0 Å². The number of para-hydroxylation sites is 1. The Bertz CT molecular complexity index is 1020. The van der Waals surface area contributed by atoms with Crippen molar-refractivity contribution >= 4 is 19.4 Å². The first-order valence-electron chi connectivity index (χ1n) is 11.7. The number of nitrogens with zero attached hydrogens (tertiary/aromatic N) is 1. The van der Waals surface area contributed by atoms with E-state index in [1.807, 2.05) is 0 Å². The topological polar surface area (TPSA) is 143 Å². The molecule has 3 N–H and O–H groups in total. The van der Waals surface area contributed by atoms with E-state index < -0.39 is 24.7 Å². The number of rotatable bonds is 12. The third-order valence-electron chi connectivity index (χ3n) is 6.06. The molecule has 1 fully saturated rings. The summed E-state index contributed by atoms with van der Waals surface area (Å²) in [6.45, 7) is 2.29. The number of carbonyl (C=O) groups is 1. The van der Waals surface area contributed by atoms with Crippen LogP contribution in [0.4, 0.5) is 5.69 Å². The fourth-order valence-electron chi connectivity index (χ4n) is 4.17. The summed E-state index contributed by atoms with van der Waals surface area (Å²) >= 11 is 0. The standard InChI is InChI=1S/C24H32N3O7P/c1-19(23(28)32-18-24(16-17-25)14-6-3-7-15-24)26-35(31,33-21-8-4-2-5-9-21)34-22-12-10-20(11-13-22)27(29)30/h2,4-5,8-13,19H,3,6-7,14-18,25H2,1H3,(H,26,31)/t19-,35?/m0/s1. The summed E-state index contributed by atoms with van der Waals surface area (Å²) in [6.07, 6.45) is 6.01. The molecule has 0 amide bonds. The lowest BCUT2D eigenvalue weighted by molar-refractivity contribution is -0.384. The second kappa shape index (κ2) is 12.2. The highest BCUT2D eigenvalue weighted by atomic mass is 31.2. The summed E-state index contributed by atoms with van der Waals surface area (Å²) in [6, 6.07) is 12.4. The maximum Gasteiger partial charge on any atom is 0.513 e. The summed E-state index contributed by atoms with van der Waals surface area (Å²) in [5, 5.41) is 13.6. The Kier molecular flexibility index (Phi) is 9.26. The first-order valence-corrected chi connectivity index (χ1v) is 13.2. The quantitative estimate of drug-likeness (QED) is 0.177. The minimum absolute atomic E-state index is 0.0760. The Balaban J connectivity index is 1.71. The number of hydrogen-bond donors (Lipinski definition) is 2. The molecule has 190 valence electrons. The number of benzene rings is 2. The van der Waals surface area contributed by atoms with E-state index >= 15 is 0 Å². The third-order valence-corrected chi connectivity index (χ3v) is 7.66. The average molecular weight is 506 g/mol. The Hall–Kier alpha value is -2.94. The van der Waals surface area contributed by atoms with E-state index in [0.29, 0.717) is 6.54 Å². The molecule has 1 saturated carbocycles. The van der Waals surface area contributed by atoms with Gasteiger partial charge in [-0.05, 0) is 57.0 Å². The van der Waals surface area contributed by atoms with Crippen LogP contribution >= 0.6 is 7.75 Å². The molecule has 2 aromatic rings. The minimum atomic E-state index is -4.14. The van der Waals surface area contributed by atoms with E-state index in [2.05, 4.69) is 5.09 Å². The third kappa shape index (κ3) is 7.78. The highest BCUT2D eigenvalue weighted by Crippen LogP contribution is 2.46. The number of hydrogen-bond acceptors (Lipinski definition) is 8. The first-order chi connectivity index (χ1) is 16.7. The van der Waals surface area contributed by atoms with Gasteiger partial charge in [-0.2, -0.15) is 5.09 Å². The molecule has 35 heavy (non-hydrogen) atoms. The van der Waals surface area contributed by atoms with Crippen molar-refractivity contribution in [1.29, 1.82) is 0 Å². The summed E-state index contributed by atoms with van der Waals surface area (Å²) in [7, 11) is -4.14. The lowest BCUT2D eigenvalue weighted by atomic mass is 9.72. The van der Waals surface area contributed by atoms with Crippen molar-refractivity contribution in [2.75, 3.05) is 13.2 Å². The summed E-state index contributed by atoms with van der Waals surface area (Å²) in [5.74, 6) is -0.252. The second-order valence-corrected chi connectivity index (χ2v) is 10.4. The largest absolute Gasteiger partial charge is 0.513 e. The van der Waals surface area contributed by atoms with E-state index in [9.17, 15) is 19.5 Å². The van der Waals surface area contributed by atoms with Gasteiger partial charge in [-0.3, -0.25) is 14.9 Å². The number of nitrogens with two attached hydrogens (primary N) is 1. The molecule has 0 spiro atoms.